The number of hydrogen-bond acceptors (Lipinski definition) is 3. The van der Waals surface area contributed by atoms with Crippen LogP contribution >= 0.6 is 0 Å². The van der Waals surface area contributed by atoms with E-state index in [1.54, 1.807) is 6.92 Å². The van der Waals surface area contributed by atoms with Crippen LogP contribution in [-0.2, 0) is 22.7 Å². The lowest BCUT2D eigenvalue weighted by molar-refractivity contribution is -0.137. The second-order valence-electron chi connectivity index (χ2n) is 5.86. The molecule has 0 aliphatic heterocycles. The number of alkyl halides is 3. The molecular weight excluding hydrogens is 383 g/mol. The Hall–Kier alpha value is -2.59. The number of nitrogens with one attached hydrogen (secondary N) is 2. The van der Waals surface area contributed by atoms with E-state index in [0.29, 0.717) is 11.1 Å². The van der Waals surface area contributed by atoms with E-state index in [4.69, 9.17) is 5.14 Å². The van der Waals surface area contributed by atoms with Gasteiger partial charge in [-0.25, -0.2) is 18.4 Å². The molecule has 0 saturated carbocycles. The molecule has 0 bridgehead atoms. The van der Waals surface area contributed by atoms with Crippen LogP contribution in [0.1, 0.15) is 29.7 Å². The Labute approximate surface area is 154 Å². The number of amides is 2. The van der Waals surface area contributed by atoms with E-state index < -0.39 is 33.8 Å². The Morgan fingerprint density at radius 3 is 2.33 bits per heavy atom. The number of hydrogen-bond donors (Lipinski definition) is 3. The summed E-state index contributed by atoms with van der Waals surface area (Å²) in [5.41, 5.74) is 0.160. The van der Waals surface area contributed by atoms with E-state index in [1.165, 1.54) is 36.4 Å². The van der Waals surface area contributed by atoms with Gasteiger partial charge in [-0.15, -0.1) is 0 Å². The molecule has 0 aliphatic carbocycles. The maximum atomic E-state index is 12.7. The number of urea groups is 1. The van der Waals surface area contributed by atoms with Gasteiger partial charge in [-0.1, -0.05) is 24.3 Å². The van der Waals surface area contributed by atoms with Crippen molar-refractivity contribution in [2.45, 2.75) is 30.6 Å². The number of carbonyl (C=O) groups excluding carboxylic acids is 1. The Balaban J connectivity index is 1.94. The second-order valence-corrected chi connectivity index (χ2v) is 7.42. The van der Waals surface area contributed by atoms with Gasteiger partial charge in [0, 0.05) is 6.54 Å². The maximum absolute atomic E-state index is 12.7. The average Bonchev–Trinajstić information content (AvgIpc) is 2.59. The molecule has 27 heavy (non-hydrogen) atoms. The highest BCUT2D eigenvalue weighted by Crippen LogP contribution is 2.29. The van der Waals surface area contributed by atoms with Crippen LogP contribution in [0.15, 0.2) is 53.4 Å². The smallest absolute Gasteiger partial charge is 0.334 e. The molecule has 1 atom stereocenters. The summed E-state index contributed by atoms with van der Waals surface area (Å²) in [5, 5.41) is 10.1. The third-order valence-electron chi connectivity index (χ3n) is 3.76. The van der Waals surface area contributed by atoms with E-state index in [-0.39, 0.29) is 11.4 Å². The highest BCUT2D eigenvalue weighted by atomic mass is 32.2. The summed E-state index contributed by atoms with van der Waals surface area (Å²) >= 11 is 0. The van der Waals surface area contributed by atoms with Gasteiger partial charge in [-0.3, -0.25) is 0 Å². The quantitative estimate of drug-likeness (QED) is 0.718. The Bertz CT molecular complexity index is 913. The first-order chi connectivity index (χ1) is 12.5. The summed E-state index contributed by atoms with van der Waals surface area (Å²) < 4.78 is 60.5. The molecule has 2 aromatic carbocycles. The van der Waals surface area contributed by atoms with Crippen molar-refractivity contribution in [3.63, 3.8) is 0 Å². The molecular formula is C17H18F3N3O3S. The van der Waals surface area contributed by atoms with Crippen LogP contribution in [0, 0.1) is 0 Å². The molecule has 0 heterocycles. The van der Waals surface area contributed by atoms with Gasteiger partial charge in [0.05, 0.1) is 16.5 Å². The van der Waals surface area contributed by atoms with Gasteiger partial charge in [0.25, 0.3) is 0 Å². The largest absolute Gasteiger partial charge is 0.416 e. The summed E-state index contributed by atoms with van der Waals surface area (Å²) in [6, 6.07) is 9.31. The number of rotatable bonds is 5. The fraction of sp³-hybridized carbons (Fsp3) is 0.235. The minimum absolute atomic E-state index is 0.0487. The van der Waals surface area contributed by atoms with Crippen LogP contribution in [0.5, 0.6) is 0 Å². The monoisotopic (exact) mass is 401 g/mol. The molecule has 2 rings (SSSR count). The normalized spacial score (nSPS) is 13.1. The van der Waals surface area contributed by atoms with Crippen molar-refractivity contribution in [3.05, 3.63) is 65.2 Å². The molecule has 2 amide bonds. The van der Waals surface area contributed by atoms with Crippen LogP contribution in [0.3, 0.4) is 0 Å². The van der Waals surface area contributed by atoms with Gasteiger partial charge in [0.15, 0.2) is 0 Å². The number of sulfonamides is 1. The summed E-state index contributed by atoms with van der Waals surface area (Å²) in [7, 11) is -3.80. The molecule has 6 nitrogen and oxygen atoms in total. The van der Waals surface area contributed by atoms with Gasteiger partial charge in [-0.05, 0) is 42.3 Å². The zero-order chi connectivity index (χ0) is 20.2. The first-order valence-corrected chi connectivity index (χ1v) is 9.35. The fourth-order valence-electron chi connectivity index (χ4n) is 2.32. The predicted molar refractivity (Wildman–Crippen MR) is 93.0 cm³/mol. The van der Waals surface area contributed by atoms with Crippen molar-refractivity contribution >= 4 is 16.1 Å². The number of primary sulfonamides is 1. The third-order valence-corrected chi connectivity index (χ3v) is 4.69. The number of benzene rings is 2. The van der Waals surface area contributed by atoms with Gasteiger partial charge in [-0.2, -0.15) is 13.2 Å². The summed E-state index contributed by atoms with van der Waals surface area (Å²) in [5.74, 6) is 0. The van der Waals surface area contributed by atoms with Crippen molar-refractivity contribution < 1.29 is 26.4 Å². The van der Waals surface area contributed by atoms with Crippen molar-refractivity contribution in [1.29, 1.82) is 0 Å². The highest BCUT2D eigenvalue weighted by molar-refractivity contribution is 7.89. The van der Waals surface area contributed by atoms with Gasteiger partial charge >= 0.3 is 12.2 Å². The van der Waals surface area contributed by atoms with Crippen LogP contribution < -0.4 is 15.8 Å². The number of nitrogens with two attached hydrogens (primary N) is 1. The number of halogens is 3. The zero-order valence-electron chi connectivity index (χ0n) is 14.2. The molecule has 0 fully saturated rings. The standard InChI is InChI=1S/C17H18F3N3O3S/c1-11(13-5-7-15(8-6-13)27(21,25)26)23-16(24)22-10-12-3-2-4-14(9-12)17(18,19)20/h2-9,11H,10H2,1H3,(H2,21,25,26)(H2,22,23,24)/t11-/m1/s1. The molecule has 0 aliphatic rings. The Morgan fingerprint density at radius 2 is 1.78 bits per heavy atom. The maximum Gasteiger partial charge on any atom is 0.416 e. The van der Waals surface area contributed by atoms with Crippen LogP contribution in [0.4, 0.5) is 18.0 Å². The minimum atomic E-state index is -4.45. The molecule has 4 N–H and O–H groups in total. The first-order valence-electron chi connectivity index (χ1n) is 7.80. The average molecular weight is 401 g/mol. The predicted octanol–water partition coefficient (Wildman–Crippen LogP) is 2.91. The first kappa shape index (κ1) is 20.7. The fourth-order valence-corrected chi connectivity index (χ4v) is 2.83. The third kappa shape index (κ3) is 5.97. The highest BCUT2D eigenvalue weighted by Gasteiger charge is 2.30. The van der Waals surface area contributed by atoms with Crippen LogP contribution in [-0.4, -0.2) is 14.4 Å². The lowest BCUT2D eigenvalue weighted by atomic mass is 10.1. The summed E-state index contributed by atoms with van der Waals surface area (Å²) in [4.78, 5) is 11.9. The lowest BCUT2D eigenvalue weighted by Gasteiger charge is -2.16. The van der Waals surface area contributed by atoms with Gasteiger partial charge < -0.3 is 10.6 Å². The van der Waals surface area contributed by atoms with E-state index >= 15 is 0 Å². The molecule has 10 heteroatoms. The van der Waals surface area contributed by atoms with E-state index in [9.17, 15) is 26.4 Å². The molecule has 2 aromatic rings. The Morgan fingerprint density at radius 1 is 1.15 bits per heavy atom. The zero-order valence-corrected chi connectivity index (χ0v) is 15.1. The molecule has 0 saturated heterocycles. The number of carbonyl (C=O) groups is 1. The topological polar surface area (TPSA) is 101 Å². The lowest BCUT2D eigenvalue weighted by Crippen LogP contribution is -2.36. The second kappa shape index (κ2) is 7.97. The molecule has 0 radical (unpaired) electrons. The van der Waals surface area contributed by atoms with Crippen molar-refractivity contribution in [2.24, 2.45) is 5.14 Å². The van der Waals surface area contributed by atoms with E-state index in [2.05, 4.69) is 10.6 Å². The van der Waals surface area contributed by atoms with Crippen LogP contribution in [0.25, 0.3) is 0 Å². The summed E-state index contributed by atoms with van der Waals surface area (Å²) in [6.45, 7) is 1.60. The van der Waals surface area contributed by atoms with Gasteiger partial charge in [0.1, 0.15) is 0 Å². The molecule has 146 valence electrons. The molecule has 0 aromatic heterocycles. The van der Waals surface area contributed by atoms with Crippen LogP contribution in [0.2, 0.25) is 0 Å². The molecule has 0 spiro atoms. The van der Waals surface area contributed by atoms with Crippen molar-refractivity contribution in [1.82, 2.24) is 10.6 Å². The molecule has 0 unspecified atom stereocenters. The van der Waals surface area contributed by atoms with Gasteiger partial charge in [0.2, 0.25) is 10.0 Å². The van der Waals surface area contributed by atoms with E-state index in [0.717, 1.165) is 12.1 Å². The van der Waals surface area contributed by atoms with Crippen molar-refractivity contribution in [2.75, 3.05) is 0 Å². The SMILES string of the molecule is C[C@@H](NC(=O)NCc1cccc(C(F)(F)F)c1)c1ccc(S(N)(=O)=O)cc1. The summed E-state index contributed by atoms with van der Waals surface area (Å²) in [6.07, 6.45) is -4.45. The van der Waals surface area contributed by atoms with Crippen molar-refractivity contribution in [3.8, 4) is 0 Å². The van der Waals surface area contributed by atoms with E-state index in [1.807, 2.05) is 0 Å². The minimum Gasteiger partial charge on any atom is -0.334 e. The Kier molecular flexibility index (Phi) is 6.11.